The molecule has 0 aromatic heterocycles. The van der Waals surface area contributed by atoms with E-state index in [-0.39, 0.29) is 0 Å². The molecule has 6 heteroatoms. The first-order valence-electron chi connectivity index (χ1n) is 3.72. The van der Waals surface area contributed by atoms with Crippen LogP contribution in [0.4, 0.5) is 0 Å². The Balaban J connectivity index is 3.90. The van der Waals surface area contributed by atoms with Crippen molar-refractivity contribution in [3.05, 3.63) is 12.2 Å². The largest absolute Gasteiger partial charge is 0.447 e. The molecule has 0 aromatic rings. The lowest BCUT2D eigenvalue weighted by Gasteiger charge is -2.07. The number of esters is 2. The van der Waals surface area contributed by atoms with Gasteiger partial charge in [-0.3, -0.25) is 9.59 Å². The van der Waals surface area contributed by atoms with E-state index < -0.39 is 22.0 Å². The number of halogens is 2. The van der Waals surface area contributed by atoms with Crippen LogP contribution in [0.3, 0.4) is 0 Å². The molecule has 0 heterocycles. The molecule has 0 radical (unpaired) electrons. The van der Waals surface area contributed by atoms with Crippen LogP contribution in [0.2, 0.25) is 0 Å². The summed E-state index contributed by atoms with van der Waals surface area (Å²) >= 11 is 6.16. The second-order valence-corrected chi connectivity index (χ2v) is 4.11. The Bertz CT molecular complexity index is 215. The standard InChI is InChI=1S/C8H10Br2O4/c1-5(11)13-7(9)3-4-8(10)14-6(2)12/h3-4,7-8H,1-2H3/b4-3+. The maximum atomic E-state index is 10.5. The van der Waals surface area contributed by atoms with Gasteiger partial charge in [0, 0.05) is 13.8 Å². The van der Waals surface area contributed by atoms with E-state index in [0.29, 0.717) is 0 Å². The Morgan fingerprint density at radius 2 is 1.29 bits per heavy atom. The fourth-order valence-corrected chi connectivity index (χ4v) is 1.45. The number of hydrogen-bond acceptors (Lipinski definition) is 4. The smallest absolute Gasteiger partial charge is 0.304 e. The minimum absolute atomic E-state index is 0.393. The molecule has 0 bridgehead atoms. The first-order valence-corrected chi connectivity index (χ1v) is 5.56. The van der Waals surface area contributed by atoms with Crippen molar-refractivity contribution < 1.29 is 19.1 Å². The van der Waals surface area contributed by atoms with Gasteiger partial charge >= 0.3 is 11.9 Å². The lowest BCUT2D eigenvalue weighted by atomic mass is 10.5. The van der Waals surface area contributed by atoms with E-state index in [4.69, 9.17) is 9.47 Å². The summed E-state index contributed by atoms with van der Waals surface area (Å²) in [4.78, 5) is 21.0. The Labute approximate surface area is 98.9 Å². The zero-order chi connectivity index (χ0) is 11.1. The minimum atomic E-state index is -0.518. The monoisotopic (exact) mass is 328 g/mol. The van der Waals surface area contributed by atoms with E-state index >= 15 is 0 Å². The number of ether oxygens (including phenoxy) is 2. The summed E-state index contributed by atoms with van der Waals surface area (Å²) in [5, 5.41) is -1.04. The Kier molecular flexibility index (Phi) is 6.82. The molecule has 0 amide bonds. The van der Waals surface area contributed by atoms with Gasteiger partial charge in [-0.15, -0.1) is 0 Å². The lowest BCUT2D eigenvalue weighted by Crippen LogP contribution is -2.09. The number of rotatable bonds is 4. The number of hydrogen-bond donors (Lipinski definition) is 0. The molecule has 0 spiro atoms. The summed E-state index contributed by atoms with van der Waals surface area (Å²) in [7, 11) is 0. The van der Waals surface area contributed by atoms with Crippen molar-refractivity contribution in [2.24, 2.45) is 0 Å². The van der Waals surface area contributed by atoms with E-state index in [1.807, 2.05) is 0 Å². The average Bonchev–Trinajstić information content (AvgIpc) is 1.98. The van der Waals surface area contributed by atoms with Crippen LogP contribution in [0, 0.1) is 0 Å². The van der Waals surface area contributed by atoms with E-state index in [1.54, 1.807) is 12.2 Å². The van der Waals surface area contributed by atoms with Crippen molar-refractivity contribution >= 4 is 43.8 Å². The zero-order valence-electron chi connectivity index (χ0n) is 7.70. The number of alkyl halides is 2. The Hall–Kier alpha value is -0.360. The predicted octanol–water partition coefficient (Wildman–Crippen LogP) is 2.11. The van der Waals surface area contributed by atoms with Gasteiger partial charge in [0.1, 0.15) is 0 Å². The molecule has 4 nitrogen and oxygen atoms in total. The van der Waals surface area contributed by atoms with Crippen molar-refractivity contribution in [1.29, 1.82) is 0 Å². The van der Waals surface area contributed by atoms with Crippen LogP contribution < -0.4 is 0 Å². The summed E-state index contributed by atoms with van der Waals surface area (Å²) in [6.45, 7) is 2.61. The van der Waals surface area contributed by atoms with Crippen LogP contribution in [0.5, 0.6) is 0 Å². The minimum Gasteiger partial charge on any atom is -0.447 e. The maximum absolute atomic E-state index is 10.5. The van der Waals surface area contributed by atoms with Gasteiger partial charge in [-0.1, -0.05) is 0 Å². The molecule has 80 valence electrons. The number of carbonyl (C=O) groups excluding carboxylic acids is 2. The zero-order valence-corrected chi connectivity index (χ0v) is 10.9. The van der Waals surface area contributed by atoms with Crippen molar-refractivity contribution in [3.8, 4) is 0 Å². The molecule has 14 heavy (non-hydrogen) atoms. The van der Waals surface area contributed by atoms with Crippen LogP contribution in [0.15, 0.2) is 12.2 Å². The van der Waals surface area contributed by atoms with Crippen LogP contribution >= 0.6 is 31.9 Å². The summed E-state index contributed by atoms with van der Waals surface area (Å²) in [5.74, 6) is -0.787. The molecule has 0 aliphatic carbocycles. The molecular formula is C8H10Br2O4. The normalized spacial score (nSPS) is 14.9. The number of carbonyl (C=O) groups is 2. The first kappa shape index (κ1) is 13.6. The van der Waals surface area contributed by atoms with Gasteiger partial charge < -0.3 is 9.47 Å². The highest BCUT2D eigenvalue weighted by molar-refractivity contribution is 9.09. The molecule has 0 fully saturated rings. The molecule has 0 N–H and O–H groups in total. The van der Waals surface area contributed by atoms with Gasteiger partial charge in [-0.2, -0.15) is 0 Å². The summed E-state index contributed by atoms with van der Waals surface area (Å²) < 4.78 is 9.47. The first-order chi connectivity index (χ1) is 6.41. The topological polar surface area (TPSA) is 52.6 Å². The highest BCUT2D eigenvalue weighted by Crippen LogP contribution is 2.09. The molecular weight excluding hydrogens is 320 g/mol. The molecule has 2 unspecified atom stereocenters. The van der Waals surface area contributed by atoms with Gasteiger partial charge in [0.2, 0.25) is 0 Å². The van der Waals surface area contributed by atoms with Gasteiger partial charge in [0.25, 0.3) is 0 Å². The summed E-state index contributed by atoms with van der Waals surface area (Å²) in [6.07, 6.45) is 3.09. The van der Waals surface area contributed by atoms with Crippen molar-refractivity contribution in [1.82, 2.24) is 0 Å². The third-order valence-corrected chi connectivity index (χ3v) is 1.96. The van der Waals surface area contributed by atoms with Gasteiger partial charge in [0.05, 0.1) is 0 Å². The lowest BCUT2D eigenvalue weighted by molar-refractivity contribution is -0.142. The average molecular weight is 330 g/mol. The second-order valence-electron chi connectivity index (χ2n) is 2.31. The van der Waals surface area contributed by atoms with E-state index in [9.17, 15) is 9.59 Å². The third kappa shape index (κ3) is 8.25. The van der Waals surface area contributed by atoms with Crippen molar-refractivity contribution in [2.75, 3.05) is 0 Å². The highest BCUT2D eigenvalue weighted by atomic mass is 79.9. The Morgan fingerprint density at radius 3 is 1.50 bits per heavy atom. The molecule has 0 saturated carbocycles. The SMILES string of the molecule is CC(=O)OC(Br)/C=C/C(Br)OC(C)=O. The molecule has 0 aliphatic rings. The van der Waals surface area contributed by atoms with E-state index in [2.05, 4.69) is 31.9 Å². The van der Waals surface area contributed by atoms with Gasteiger partial charge in [0.15, 0.2) is 10.0 Å². The second kappa shape index (κ2) is 7.00. The molecule has 0 aliphatic heterocycles. The van der Waals surface area contributed by atoms with Crippen molar-refractivity contribution in [2.45, 2.75) is 23.9 Å². The molecule has 0 aromatic carbocycles. The fourth-order valence-electron chi connectivity index (χ4n) is 0.570. The highest BCUT2D eigenvalue weighted by Gasteiger charge is 2.05. The quantitative estimate of drug-likeness (QED) is 0.450. The van der Waals surface area contributed by atoms with Crippen LogP contribution in [-0.2, 0) is 19.1 Å². The summed E-state index contributed by atoms with van der Waals surface area (Å²) in [6, 6.07) is 0. The van der Waals surface area contributed by atoms with E-state index in [1.165, 1.54) is 13.8 Å². The fraction of sp³-hybridized carbons (Fsp3) is 0.500. The molecule has 2 atom stereocenters. The molecule has 0 rings (SSSR count). The van der Waals surface area contributed by atoms with Crippen LogP contribution in [0.25, 0.3) is 0 Å². The van der Waals surface area contributed by atoms with Crippen LogP contribution in [-0.4, -0.2) is 22.0 Å². The predicted molar refractivity (Wildman–Crippen MR) is 58.1 cm³/mol. The van der Waals surface area contributed by atoms with Gasteiger partial charge in [-0.05, 0) is 44.0 Å². The van der Waals surface area contributed by atoms with Gasteiger partial charge in [-0.25, -0.2) is 0 Å². The van der Waals surface area contributed by atoms with E-state index in [0.717, 1.165) is 0 Å². The maximum Gasteiger partial charge on any atom is 0.304 e. The molecule has 0 saturated heterocycles. The summed E-state index contributed by atoms with van der Waals surface area (Å²) in [5.41, 5.74) is 0. The third-order valence-electron chi connectivity index (χ3n) is 0.971. The van der Waals surface area contributed by atoms with Crippen molar-refractivity contribution in [3.63, 3.8) is 0 Å². The Morgan fingerprint density at radius 1 is 1.00 bits per heavy atom. The van der Waals surface area contributed by atoms with Crippen LogP contribution in [0.1, 0.15) is 13.8 Å².